The number of ketones is 1. The van der Waals surface area contributed by atoms with Crippen molar-refractivity contribution < 1.29 is 14.3 Å². The molecular formula is C10H7Cl3O3. The van der Waals surface area contributed by atoms with E-state index in [-0.39, 0.29) is 27.2 Å². The van der Waals surface area contributed by atoms with Gasteiger partial charge in [-0.15, -0.1) is 0 Å². The summed E-state index contributed by atoms with van der Waals surface area (Å²) in [6, 6.07) is 2.55. The minimum Gasteiger partial charge on any atom is -0.460 e. The van der Waals surface area contributed by atoms with E-state index < -0.39 is 11.8 Å². The van der Waals surface area contributed by atoms with Crippen molar-refractivity contribution in [3.8, 4) is 0 Å². The summed E-state index contributed by atoms with van der Waals surface area (Å²) in [4.78, 5) is 22.7. The third-order valence-corrected chi connectivity index (χ3v) is 2.75. The SMILES string of the molecule is CCOC(=O)C(=O)c1cc(Cl)c(Cl)cc1Cl. The smallest absolute Gasteiger partial charge is 0.379 e. The first kappa shape index (κ1) is 13.3. The van der Waals surface area contributed by atoms with Crippen LogP contribution in [-0.2, 0) is 9.53 Å². The Morgan fingerprint density at radius 2 is 1.69 bits per heavy atom. The minimum absolute atomic E-state index is 0.0190. The van der Waals surface area contributed by atoms with Gasteiger partial charge in [-0.05, 0) is 19.1 Å². The molecule has 0 aromatic heterocycles. The van der Waals surface area contributed by atoms with Crippen LogP contribution in [0.25, 0.3) is 0 Å². The maximum atomic E-state index is 11.6. The summed E-state index contributed by atoms with van der Waals surface area (Å²) < 4.78 is 4.56. The quantitative estimate of drug-likeness (QED) is 0.369. The maximum absolute atomic E-state index is 11.6. The second kappa shape index (κ2) is 5.53. The number of carbonyl (C=O) groups is 2. The summed E-state index contributed by atoms with van der Waals surface area (Å²) in [5, 5.41) is 0.429. The van der Waals surface area contributed by atoms with Crippen molar-refractivity contribution in [1.82, 2.24) is 0 Å². The topological polar surface area (TPSA) is 43.4 Å². The summed E-state index contributed by atoms with van der Waals surface area (Å²) >= 11 is 17.2. The largest absolute Gasteiger partial charge is 0.460 e. The molecule has 0 fully saturated rings. The Labute approximate surface area is 107 Å². The Hall–Kier alpha value is -0.770. The van der Waals surface area contributed by atoms with Gasteiger partial charge in [-0.3, -0.25) is 4.79 Å². The van der Waals surface area contributed by atoms with Crippen molar-refractivity contribution in [2.45, 2.75) is 6.92 Å². The molecule has 0 amide bonds. The Balaban J connectivity index is 3.09. The Morgan fingerprint density at radius 3 is 2.25 bits per heavy atom. The molecule has 0 aliphatic heterocycles. The summed E-state index contributed by atoms with van der Waals surface area (Å²) in [7, 11) is 0. The third kappa shape index (κ3) is 2.88. The van der Waals surface area contributed by atoms with Crippen LogP contribution in [0.2, 0.25) is 15.1 Å². The van der Waals surface area contributed by atoms with Crippen LogP contribution in [0.3, 0.4) is 0 Å². The molecule has 16 heavy (non-hydrogen) atoms. The number of rotatable bonds is 3. The van der Waals surface area contributed by atoms with Gasteiger partial charge in [0.2, 0.25) is 0 Å². The van der Waals surface area contributed by atoms with Crippen molar-refractivity contribution in [3.05, 3.63) is 32.8 Å². The summed E-state index contributed by atoms with van der Waals surface area (Å²) in [6.07, 6.45) is 0. The van der Waals surface area contributed by atoms with E-state index in [2.05, 4.69) is 4.74 Å². The molecule has 0 N–H and O–H groups in total. The van der Waals surface area contributed by atoms with Crippen LogP contribution in [-0.4, -0.2) is 18.4 Å². The predicted molar refractivity (Wildman–Crippen MR) is 62.4 cm³/mol. The van der Waals surface area contributed by atoms with Gasteiger partial charge in [0.15, 0.2) is 0 Å². The molecule has 0 atom stereocenters. The average Bonchev–Trinajstić information content (AvgIpc) is 2.23. The second-order valence-corrected chi connectivity index (χ2v) is 4.02. The first-order chi connectivity index (χ1) is 7.47. The summed E-state index contributed by atoms with van der Waals surface area (Å²) in [5.41, 5.74) is -0.0190. The Morgan fingerprint density at radius 1 is 1.12 bits per heavy atom. The van der Waals surface area contributed by atoms with Gasteiger partial charge in [-0.2, -0.15) is 0 Å². The van der Waals surface area contributed by atoms with Crippen molar-refractivity contribution in [3.63, 3.8) is 0 Å². The Bertz CT molecular complexity index is 443. The lowest BCUT2D eigenvalue weighted by Crippen LogP contribution is -2.17. The molecule has 3 nitrogen and oxygen atoms in total. The molecule has 6 heteroatoms. The Kier molecular flexibility index (Phi) is 4.59. The average molecular weight is 282 g/mol. The molecule has 0 heterocycles. The molecule has 1 aromatic carbocycles. The number of Topliss-reactive ketones (excluding diaryl/α,β-unsaturated/α-hetero) is 1. The highest BCUT2D eigenvalue weighted by molar-refractivity contribution is 6.48. The van der Waals surface area contributed by atoms with Gasteiger partial charge in [0, 0.05) is 5.56 Å². The first-order valence-electron chi connectivity index (χ1n) is 4.33. The molecule has 0 unspecified atom stereocenters. The molecule has 1 rings (SSSR count). The fraction of sp³-hybridized carbons (Fsp3) is 0.200. The molecule has 86 valence electrons. The highest BCUT2D eigenvalue weighted by atomic mass is 35.5. The molecule has 0 saturated heterocycles. The fourth-order valence-electron chi connectivity index (χ4n) is 1.00. The van der Waals surface area contributed by atoms with Gasteiger partial charge in [-0.25, -0.2) is 4.79 Å². The lowest BCUT2D eigenvalue weighted by atomic mass is 10.1. The number of ether oxygens (including phenoxy) is 1. The van der Waals surface area contributed by atoms with E-state index in [0.29, 0.717) is 0 Å². The highest BCUT2D eigenvalue weighted by Gasteiger charge is 2.21. The maximum Gasteiger partial charge on any atom is 0.379 e. The number of hydrogen-bond donors (Lipinski definition) is 0. The van der Waals surface area contributed by atoms with E-state index in [4.69, 9.17) is 34.8 Å². The third-order valence-electron chi connectivity index (χ3n) is 1.72. The zero-order valence-corrected chi connectivity index (χ0v) is 10.5. The lowest BCUT2D eigenvalue weighted by molar-refractivity contribution is -0.137. The zero-order valence-electron chi connectivity index (χ0n) is 8.22. The summed E-state index contributed by atoms with van der Waals surface area (Å²) in [5.74, 6) is -1.81. The lowest BCUT2D eigenvalue weighted by Gasteiger charge is -2.04. The first-order valence-corrected chi connectivity index (χ1v) is 5.46. The van der Waals surface area contributed by atoms with Gasteiger partial charge >= 0.3 is 5.97 Å². The van der Waals surface area contributed by atoms with Gasteiger partial charge in [0.05, 0.1) is 21.7 Å². The standard InChI is InChI=1S/C10H7Cl3O3/c1-2-16-10(15)9(14)5-3-7(12)8(13)4-6(5)11/h3-4H,2H2,1H3. The van der Waals surface area contributed by atoms with Crippen LogP contribution in [0.5, 0.6) is 0 Å². The van der Waals surface area contributed by atoms with Gasteiger partial charge in [0.1, 0.15) is 0 Å². The van der Waals surface area contributed by atoms with Crippen molar-refractivity contribution in [1.29, 1.82) is 0 Å². The molecule has 0 radical (unpaired) electrons. The van der Waals surface area contributed by atoms with E-state index in [1.165, 1.54) is 12.1 Å². The van der Waals surface area contributed by atoms with Crippen LogP contribution >= 0.6 is 34.8 Å². The van der Waals surface area contributed by atoms with Crippen LogP contribution in [0, 0.1) is 0 Å². The number of esters is 1. The normalized spacial score (nSPS) is 10.0. The van der Waals surface area contributed by atoms with E-state index in [9.17, 15) is 9.59 Å². The second-order valence-electron chi connectivity index (χ2n) is 2.80. The van der Waals surface area contributed by atoms with Crippen LogP contribution < -0.4 is 0 Å². The number of benzene rings is 1. The van der Waals surface area contributed by atoms with Gasteiger partial charge < -0.3 is 4.74 Å². The zero-order chi connectivity index (χ0) is 12.3. The van der Waals surface area contributed by atoms with Crippen LogP contribution in [0.1, 0.15) is 17.3 Å². The van der Waals surface area contributed by atoms with Crippen molar-refractivity contribution >= 4 is 46.6 Å². The number of hydrogen-bond acceptors (Lipinski definition) is 3. The predicted octanol–water partition coefficient (Wildman–Crippen LogP) is 3.39. The molecule has 0 aliphatic carbocycles. The van der Waals surface area contributed by atoms with E-state index >= 15 is 0 Å². The van der Waals surface area contributed by atoms with E-state index in [1.807, 2.05) is 0 Å². The minimum atomic E-state index is -0.970. The van der Waals surface area contributed by atoms with Gasteiger partial charge in [-0.1, -0.05) is 34.8 Å². The van der Waals surface area contributed by atoms with E-state index in [0.717, 1.165) is 0 Å². The van der Waals surface area contributed by atoms with Crippen LogP contribution in [0.15, 0.2) is 12.1 Å². The summed E-state index contributed by atoms with van der Waals surface area (Å²) in [6.45, 7) is 1.71. The molecular weight excluding hydrogens is 274 g/mol. The monoisotopic (exact) mass is 280 g/mol. The molecule has 1 aromatic rings. The van der Waals surface area contributed by atoms with E-state index in [1.54, 1.807) is 6.92 Å². The molecule has 0 spiro atoms. The fourth-order valence-corrected chi connectivity index (χ4v) is 1.64. The molecule has 0 bridgehead atoms. The van der Waals surface area contributed by atoms with Crippen LogP contribution in [0.4, 0.5) is 0 Å². The molecule has 0 aliphatic rings. The van der Waals surface area contributed by atoms with Crippen molar-refractivity contribution in [2.24, 2.45) is 0 Å². The number of carbonyl (C=O) groups excluding carboxylic acids is 2. The van der Waals surface area contributed by atoms with Crippen molar-refractivity contribution in [2.75, 3.05) is 6.61 Å². The highest BCUT2D eigenvalue weighted by Crippen LogP contribution is 2.29. The number of halogens is 3. The van der Waals surface area contributed by atoms with Gasteiger partial charge in [0.25, 0.3) is 5.78 Å². The molecule has 0 saturated carbocycles.